The van der Waals surface area contributed by atoms with Crippen molar-refractivity contribution < 1.29 is 13.5 Å². The van der Waals surface area contributed by atoms with Gasteiger partial charge in [0.2, 0.25) is 0 Å². The summed E-state index contributed by atoms with van der Waals surface area (Å²) in [6.45, 7) is 2.25. The molecule has 0 aromatic heterocycles. The molecule has 0 spiro atoms. The first-order valence-corrected chi connectivity index (χ1v) is 7.67. The Balaban J connectivity index is 2.19. The van der Waals surface area contributed by atoms with Crippen molar-refractivity contribution >= 4 is 0 Å². The Labute approximate surface area is 125 Å². The van der Waals surface area contributed by atoms with Crippen molar-refractivity contribution in [3.05, 3.63) is 35.4 Å². The van der Waals surface area contributed by atoms with Crippen LogP contribution in [0.1, 0.15) is 38.2 Å². The summed E-state index contributed by atoms with van der Waals surface area (Å²) in [5.74, 6) is -0.960. The monoisotopic (exact) mass is 297 g/mol. The van der Waals surface area contributed by atoms with Gasteiger partial charge in [-0.15, -0.1) is 0 Å². The van der Waals surface area contributed by atoms with Crippen LogP contribution in [0.2, 0.25) is 0 Å². The molecule has 0 bridgehead atoms. The third-order valence-electron chi connectivity index (χ3n) is 4.80. The van der Waals surface area contributed by atoms with E-state index in [9.17, 15) is 8.78 Å². The number of halogens is 2. The maximum Gasteiger partial charge on any atom is 0.159 e. The zero-order valence-electron chi connectivity index (χ0n) is 13.1. The number of hydrogen-bond acceptors (Lipinski definition) is 2. The Morgan fingerprint density at radius 2 is 2.14 bits per heavy atom. The minimum atomic E-state index is -0.799. The van der Waals surface area contributed by atoms with E-state index in [1.165, 1.54) is 18.6 Å². The maximum absolute atomic E-state index is 13.4. The van der Waals surface area contributed by atoms with Gasteiger partial charge in [-0.1, -0.05) is 25.8 Å². The molecule has 1 fully saturated rings. The fraction of sp³-hybridized carbons (Fsp3) is 0.647. The van der Waals surface area contributed by atoms with Crippen molar-refractivity contribution in [1.29, 1.82) is 0 Å². The summed E-state index contributed by atoms with van der Waals surface area (Å²) in [5.41, 5.74) is 0.569. The van der Waals surface area contributed by atoms with Crippen LogP contribution in [0.5, 0.6) is 0 Å². The average Bonchev–Trinajstić information content (AvgIpc) is 2.48. The van der Waals surface area contributed by atoms with Gasteiger partial charge < -0.3 is 10.1 Å². The van der Waals surface area contributed by atoms with Gasteiger partial charge in [-0.2, -0.15) is 0 Å². The Morgan fingerprint density at radius 1 is 1.38 bits per heavy atom. The molecule has 1 aliphatic rings. The molecule has 3 atom stereocenters. The maximum atomic E-state index is 13.4. The van der Waals surface area contributed by atoms with Gasteiger partial charge in [0.05, 0.1) is 5.60 Å². The number of rotatable bonds is 5. The first kappa shape index (κ1) is 16.4. The SMILES string of the molecule is CNC(Cc1ccc(F)c(F)c1)C1(OC)CCCC(C)C1. The molecular weight excluding hydrogens is 272 g/mol. The highest BCUT2D eigenvalue weighted by molar-refractivity contribution is 5.20. The van der Waals surface area contributed by atoms with Gasteiger partial charge in [0, 0.05) is 13.2 Å². The Bertz CT molecular complexity index is 480. The second kappa shape index (κ2) is 6.84. The lowest BCUT2D eigenvalue weighted by atomic mass is 9.73. The fourth-order valence-electron chi connectivity index (χ4n) is 3.64. The summed E-state index contributed by atoms with van der Waals surface area (Å²) < 4.78 is 32.3. The number of ether oxygens (including phenoxy) is 1. The highest BCUT2D eigenvalue weighted by Gasteiger charge is 2.41. The molecule has 0 radical (unpaired) electrons. The number of likely N-dealkylation sites (N-methyl/N-ethyl adjacent to an activating group) is 1. The number of hydrogen-bond donors (Lipinski definition) is 1. The number of methoxy groups -OCH3 is 1. The predicted molar refractivity (Wildman–Crippen MR) is 80.3 cm³/mol. The van der Waals surface area contributed by atoms with Crippen LogP contribution in [0.4, 0.5) is 8.78 Å². The summed E-state index contributed by atoms with van der Waals surface area (Å²) in [5, 5.41) is 3.33. The van der Waals surface area contributed by atoms with E-state index in [0.29, 0.717) is 12.3 Å². The molecular formula is C17H25F2NO. The van der Waals surface area contributed by atoms with E-state index >= 15 is 0 Å². The molecule has 2 rings (SSSR count). The third-order valence-corrected chi connectivity index (χ3v) is 4.80. The Morgan fingerprint density at radius 3 is 2.71 bits per heavy atom. The largest absolute Gasteiger partial charge is 0.377 e. The number of benzene rings is 1. The topological polar surface area (TPSA) is 21.3 Å². The van der Waals surface area contributed by atoms with E-state index in [1.54, 1.807) is 13.2 Å². The normalized spacial score (nSPS) is 27.6. The lowest BCUT2D eigenvalue weighted by Gasteiger charge is -2.44. The van der Waals surface area contributed by atoms with Gasteiger partial charge in [0.1, 0.15) is 0 Å². The predicted octanol–water partition coefficient (Wildman–Crippen LogP) is 3.69. The summed E-state index contributed by atoms with van der Waals surface area (Å²) in [6, 6.07) is 4.23. The van der Waals surface area contributed by atoms with Crippen LogP contribution in [-0.2, 0) is 11.2 Å². The molecule has 1 saturated carbocycles. The lowest BCUT2D eigenvalue weighted by molar-refractivity contribution is -0.0775. The van der Waals surface area contributed by atoms with Gasteiger partial charge in [0.25, 0.3) is 0 Å². The molecule has 2 nitrogen and oxygen atoms in total. The quantitative estimate of drug-likeness (QED) is 0.895. The minimum Gasteiger partial charge on any atom is -0.377 e. The van der Waals surface area contributed by atoms with Crippen molar-refractivity contribution in [1.82, 2.24) is 5.32 Å². The number of nitrogens with one attached hydrogen (secondary N) is 1. The third kappa shape index (κ3) is 3.61. The highest BCUT2D eigenvalue weighted by Crippen LogP contribution is 2.38. The summed E-state index contributed by atoms with van der Waals surface area (Å²) in [6.07, 6.45) is 5.01. The van der Waals surface area contributed by atoms with Gasteiger partial charge in [-0.3, -0.25) is 0 Å². The van der Waals surface area contributed by atoms with Crippen LogP contribution in [0.15, 0.2) is 18.2 Å². The molecule has 4 heteroatoms. The van der Waals surface area contributed by atoms with Crippen molar-refractivity contribution in [2.45, 2.75) is 50.7 Å². The van der Waals surface area contributed by atoms with Crippen LogP contribution >= 0.6 is 0 Å². The molecule has 118 valence electrons. The van der Waals surface area contributed by atoms with E-state index in [1.807, 2.05) is 7.05 Å². The first-order valence-electron chi connectivity index (χ1n) is 7.67. The van der Waals surface area contributed by atoms with E-state index in [2.05, 4.69) is 12.2 Å². The van der Waals surface area contributed by atoms with E-state index in [0.717, 1.165) is 24.8 Å². The zero-order valence-corrected chi connectivity index (χ0v) is 13.1. The molecule has 0 amide bonds. The van der Waals surface area contributed by atoms with Crippen LogP contribution in [0.3, 0.4) is 0 Å². The Kier molecular flexibility index (Phi) is 5.33. The van der Waals surface area contributed by atoms with Crippen LogP contribution < -0.4 is 5.32 Å². The highest BCUT2D eigenvalue weighted by atomic mass is 19.2. The van der Waals surface area contributed by atoms with E-state index < -0.39 is 11.6 Å². The molecule has 21 heavy (non-hydrogen) atoms. The van der Waals surface area contributed by atoms with Crippen molar-refractivity contribution in [2.24, 2.45) is 5.92 Å². The minimum absolute atomic E-state index is 0.0927. The molecule has 1 N–H and O–H groups in total. The van der Waals surface area contributed by atoms with Crippen LogP contribution in [0.25, 0.3) is 0 Å². The van der Waals surface area contributed by atoms with E-state index in [-0.39, 0.29) is 11.6 Å². The van der Waals surface area contributed by atoms with E-state index in [4.69, 9.17) is 4.74 Å². The molecule has 0 saturated heterocycles. The van der Waals surface area contributed by atoms with Crippen molar-refractivity contribution in [2.75, 3.05) is 14.2 Å². The van der Waals surface area contributed by atoms with Gasteiger partial charge in [-0.05, 0) is 49.9 Å². The summed E-state index contributed by atoms with van der Waals surface area (Å²) >= 11 is 0. The molecule has 1 aliphatic carbocycles. The lowest BCUT2D eigenvalue weighted by Crippen LogP contribution is -2.54. The Hall–Kier alpha value is -1.00. The van der Waals surface area contributed by atoms with Crippen LogP contribution in [-0.4, -0.2) is 25.8 Å². The second-order valence-corrected chi connectivity index (χ2v) is 6.26. The molecule has 0 aliphatic heterocycles. The average molecular weight is 297 g/mol. The first-order chi connectivity index (χ1) is 10.0. The van der Waals surface area contributed by atoms with Gasteiger partial charge >= 0.3 is 0 Å². The summed E-state index contributed by atoms with van der Waals surface area (Å²) in [7, 11) is 3.66. The molecule has 3 unspecified atom stereocenters. The summed E-state index contributed by atoms with van der Waals surface area (Å²) in [4.78, 5) is 0. The van der Waals surface area contributed by atoms with Crippen LogP contribution in [0, 0.1) is 17.6 Å². The molecule has 0 heterocycles. The van der Waals surface area contributed by atoms with Gasteiger partial charge in [-0.25, -0.2) is 8.78 Å². The smallest absolute Gasteiger partial charge is 0.159 e. The molecule has 1 aromatic rings. The second-order valence-electron chi connectivity index (χ2n) is 6.26. The zero-order chi connectivity index (χ0) is 15.5. The molecule has 1 aromatic carbocycles. The van der Waals surface area contributed by atoms with Crippen molar-refractivity contribution in [3.63, 3.8) is 0 Å². The van der Waals surface area contributed by atoms with Crippen molar-refractivity contribution in [3.8, 4) is 0 Å². The van der Waals surface area contributed by atoms with Gasteiger partial charge in [0.15, 0.2) is 11.6 Å². The fourth-order valence-corrected chi connectivity index (χ4v) is 3.64. The standard InChI is InChI=1S/C17H25F2NO/c1-12-5-4-8-17(11-12,21-3)16(20-2)10-13-6-7-14(18)15(19)9-13/h6-7,9,12,16,20H,4-5,8,10-11H2,1-3H3.